The highest BCUT2D eigenvalue weighted by molar-refractivity contribution is 7.99. The molecule has 1 saturated heterocycles. The number of tetrazole rings is 1. The van der Waals surface area contributed by atoms with E-state index < -0.39 is 6.29 Å². The first-order chi connectivity index (χ1) is 22.0. The number of carbonyl (C=O) groups excluding carboxylic acids is 1. The predicted molar refractivity (Wildman–Crippen MR) is 170 cm³/mol. The maximum absolute atomic E-state index is 12.5. The number of aromatic nitrogens is 5. The van der Waals surface area contributed by atoms with Crippen molar-refractivity contribution in [2.75, 3.05) is 5.75 Å². The standard InChI is InChI=1S/C34H34N6O4S/c1-22-30(21-45-34-37-38-39-40(34)2)43-33(44-31(22)25-13-11-23(20-41)12-14-25)28-9-4-8-27(17-28)26-7-3-6-24(16-26)18-36-32(42)29-10-5-15-35-19-29/h3-17,19,22,30-31,33,41H,18,20-21H2,1-2H3,(H,36,42)/t22-,30+,31+,33+/m1/s1. The molecule has 2 N–H and O–H groups in total. The van der Waals surface area contributed by atoms with E-state index in [1.807, 2.05) is 55.6 Å². The SMILES string of the molecule is C[C@@H]1[C@H](CSc2nnnn2C)O[C@H](c2cccc(-c3cccc(CNC(=O)c4cccnc4)c3)c2)O[C@@H]1c1ccc(CO)cc1. The summed E-state index contributed by atoms with van der Waals surface area (Å²) in [5, 5.41) is 25.1. The molecule has 5 aromatic rings. The number of hydrogen-bond donors (Lipinski definition) is 2. The van der Waals surface area contributed by atoms with E-state index >= 15 is 0 Å². The third kappa shape index (κ3) is 7.29. The second-order valence-electron chi connectivity index (χ2n) is 11.0. The largest absolute Gasteiger partial charge is 0.392 e. The van der Waals surface area contributed by atoms with Crippen molar-refractivity contribution in [2.24, 2.45) is 13.0 Å². The number of nitrogens with zero attached hydrogens (tertiary/aromatic N) is 5. The molecular formula is C34H34N6O4S. The maximum Gasteiger partial charge on any atom is 0.253 e. The number of amides is 1. The molecule has 45 heavy (non-hydrogen) atoms. The minimum Gasteiger partial charge on any atom is -0.392 e. The van der Waals surface area contributed by atoms with Gasteiger partial charge < -0.3 is 19.9 Å². The number of rotatable bonds is 10. The van der Waals surface area contributed by atoms with Gasteiger partial charge in [0.15, 0.2) is 6.29 Å². The Bertz CT molecular complexity index is 1730. The molecule has 0 unspecified atom stereocenters. The van der Waals surface area contributed by atoms with Gasteiger partial charge in [-0.1, -0.05) is 79.3 Å². The van der Waals surface area contributed by atoms with Crippen LogP contribution < -0.4 is 5.32 Å². The van der Waals surface area contributed by atoms with Gasteiger partial charge in [-0.2, -0.15) is 0 Å². The molecule has 1 aliphatic heterocycles. The van der Waals surface area contributed by atoms with Crippen molar-refractivity contribution in [2.45, 2.75) is 43.7 Å². The molecule has 3 aromatic carbocycles. The Hall–Kier alpha value is -4.42. The van der Waals surface area contributed by atoms with E-state index in [0.29, 0.717) is 17.9 Å². The monoisotopic (exact) mass is 622 g/mol. The summed E-state index contributed by atoms with van der Waals surface area (Å²) in [6, 6.07) is 27.7. The van der Waals surface area contributed by atoms with E-state index in [4.69, 9.17) is 9.47 Å². The zero-order valence-electron chi connectivity index (χ0n) is 25.0. The molecule has 0 bridgehead atoms. The highest BCUT2D eigenvalue weighted by atomic mass is 32.2. The predicted octanol–water partition coefficient (Wildman–Crippen LogP) is 5.28. The molecule has 0 radical (unpaired) electrons. The molecule has 2 aromatic heterocycles. The van der Waals surface area contributed by atoms with Crippen molar-refractivity contribution >= 4 is 17.7 Å². The van der Waals surface area contributed by atoms with E-state index in [1.165, 1.54) is 0 Å². The van der Waals surface area contributed by atoms with Gasteiger partial charge in [0.2, 0.25) is 5.16 Å². The lowest BCUT2D eigenvalue weighted by Gasteiger charge is -2.41. The van der Waals surface area contributed by atoms with Crippen LogP contribution in [0.1, 0.15) is 51.9 Å². The summed E-state index contributed by atoms with van der Waals surface area (Å²) >= 11 is 1.55. The summed E-state index contributed by atoms with van der Waals surface area (Å²) in [4.78, 5) is 16.6. The number of thioether (sulfide) groups is 1. The minimum absolute atomic E-state index is 0.0109. The number of nitrogens with one attached hydrogen (secondary N) is 1. The number of ether oxygens (including phenoxy) is 2. The molecule has 4 atom stereocenters. The number of hydrogen-bond acceptors (Lipinski definition) is 9. The zero-order valence-corrected chi connectivity index (χ0v) is 25.8. The van der Waals surface area contributed by atoms with Crippen LogP contribution in [-0.4, -0.2) is 48.1 Å². The number of aliphatic hydroxyl groups excluding tert-OH is 1. The first-order valence-corrected chi connectivity index (χ1v) is 15.7. The molecule has 11 heteroatoms. The summed E-state index contributed by atoms with van der Waals surface area (Å²) in [6.07, 6.45) is 2.22. The zero-order chi connectivity index (χ0) is 31.2. The smallest absolute Gasteiger partial charge is 0.253 e. The molecule has 6 rings (SSSR count). The number of pyridine rings is 1. The highest BCUT2D eigenvalue weighted by Crippen LogP contribution is 2.43. The number of aliphatic hydroxyl groups is 1. The van der Waals surface area contributed by atoms with Crippen LogP contribution in [0.25, 0.3) is 11.1 Å². The van der Waals surface area contributed by atoms with E-state index in [1.54, 1.807) is 41.0 Å². The molecule has 0 spiro atoms. The van der Waals surface area contributed by atoms with Crippen LogP contribution in [0.2, 0.25) is 0 Å². The van der Waals surface area contributed by atoms with Gasteiger partial charge in [-0.25, -0.2) is 4.68 Å². The topological polar surface area (TPSA) is 124 Å². The Morgan fingerprint density at radius 3 is 2.49 bits per heavy atom. The first kappa shape index (κ1) is 30.6. The quantitative estimate of drug-likeness (QED) is 0.200. The maximum atomic E-state index is 12.5. The van der Waals surface area contributed by atoms with Gasteiger partial charge in [0.05, 0.1) is 24.4 Å². The third-order valence-corrected chi connectivity index (χ3v) is 8.98. The van der Waals surface area contributed by atoms with Crippen LogP contribution in [-0.2, 0) is 29.7 Å². The number of benzene rings is 3. The fourth-order valence-corrected chi connectivity index (χ4v) is 6.33. The summed E-state index contributed by atoms with van der Waals surface area (Å²) < 4.78 is 14.9. The second kappa shape index (κ2) is 14.1. The van der Waals surface area contributed by atoms with Crippen molar-refractivity contribution in [1.82, 2.24) is 30.5 Å². The number of aryl methyl sites for hydroxylation is 1. The van der Waals surface area contributed by atoms with Crippen molar-refractivity contribution in [3.05, 3.63) is 125 Å². The Morgan fingerprint density at radius 1 is 0.956 bits per heavy atom. The van der Waals surface area contributed by atoms with Crippen LogP contribution in [0.3, 0.4) is 0 Å². The van der Waals surface area contributed by atoms with E-state index in [-0.39, 0.29) is 30.6 Å². The van der Waals surface area contributed by atoms with Crippen LogP contribution in [0.4, 0.5) is 0 Å². The summed E-state index contributed by atoms with van der Waals surface area (Å²) in [6.45, 7) is 2.52. The fourth-order valence-electron chi connectivity index (χ4n) is 5.32. The van der Waals surface area contributed by atoms with Crippen molar-refractivity contribution in [1.29, 1.82) is 0 Å². The van der Waals surface area contributed by atoms with Crippen LogP contribution in [0.15, 0.2) is 102 Å². The third-order valence-electron chi connectivity index (χ3n) is 7.88. The van der Waals surface area contributed by atoms with Crippen LogP contribution in [0.5, 0.6) is 0 Å². The molecule has 3 heterocycles. The van der Waals surface area contributed by atoms with Crippen molar-refractivity contribution in [3.63, 3.8) is 0 Å². The lowest BCUT2D eigenvalue weighted by molar-refractivity contribution is -0.268. The molecule has 10 nitrogen and oxygen atoms in total. The summed E-state index contributed by atoms with van der Waals surface area (Å²) in [5.74, 6) is 0.518. The Kier molecular flexibility index (Phi) is 9.61. The normalized spacial score (nSPS) is 19.7. The van der Waals surface area contributed by atoms with E-state index in [0.717, 1.165) is 38.5 Å². The van der Waals surface area contributed by atoms with Gasteiger partial charge in [0.25, 0.3) is 5.91 Å². The minimum atomic E-state index is -0.603. The van der Waals surface area contributed by atoms with Gasteiger partial charge in [0.1, 0.15) is 0 Å². The molecular weight excluding hydrogens is 588 g/mol. The molecule has 1 fully saturated rings. The average Bonchev–Trinajstić information content (AvgIpc) is 3.51. The van der Waals surface area contributed by atoms with Crippen molar-refractivity contribution in [3.8, 4) is 11.1 Å². The Balaban J connectivity index is 1.22. The molecule has 1 amide bonds. The van der Waals surface area contributed by atoms with Gasteiger partial charge >= 0.3 is 0 Å². The average molecular weight is 623 g/mol. The van der Waals surface area contributed by atoms with Crippen LogP contribution in [0, 0.1) is 5.92 Å². The van der Waals surface area contributed by atoms with Gasteiger partial charge in [-0.05, 0) is 62.5 Å². The van der Waals surface area contributed by atoms with E-state index in [2.05, 4.69) is 57.0 Å². The lowest BCUT2D eigenvalue weighted by atomic mass is 9.91. The van der Waals surface area contributed by atoms with Crippen molar-refractivity contribution < 1.29 is 19.4 Å². The molecule has 0 saturated carbocycles. The van der Waals surface area contributed by atoms with Gasteiger partial charge in [0, 0.05) is 43.2 Å². The van der Waals surface area contributed by atoms with Gasteiger partial charge in [-0.15, -0.1) is 5.10 Å². The van der Waals surface area contributed by atoms with E-state index in [9.17, 15) is 9.90 Å². The molecule has 1 aliphatic rings. The lowest BCUT2D eigenvalue weighted by Crippen LogP contribution is -2.38. The fraction of sp³-hybridized carbons (Fsp3) is 0.265. The first-order valence-electron chi connectivity index (χ1n) is 14.7. The van der Waals surface area contributed by atoms with Crippen LogP contribution >= 0.6 is 11.8 Å². The Labute approximate surface area is 265 Å². The Morgan fingerprint density at radius 2 is 1.76 bits per heavy atom. The summed E-state index contributed by atoms with van der Waals surface area (Å²) in [7, 11) is 1.82. The molecule has 230 valence electrons. The van der Waals surface area contributed by atoms with Gasteiger partial charge in [-0.3, -0.25) is 9.78 Å². The molecule has 0 aliphatic carbocycles. The second-order valence-corrected chi connectivity index (χ2v) is 12.0. The highest BCUT2D eigenvalue weighted by Gasteiger charge is 2.38. The number of carbonyl (C=O) groups is 1. The summed E-state index contributed by atoms with van der Waals surface area (Å²) in [5.41, 5.74) is 6.32.